The molecule has 2 unspecified atom stereocenters. The SMILES string of the molecule is CC(C)(C)[Si](C)(C)OC(CC1c2nn(C(F)(F)F)cc2-c2cncn21)C1CCCCC1. The van der Waals surface area contributed by atoms with Gasteiger partial charge in [-0.05, 0) is 43.3 Å². The molecule has 5 nitrogen and oxygen atoms in total. The molecule has 3 heterocycles. The van der Waals surface area contributed by atoms with Gasteiger partial charge in [-0.25, -0.2) is 4.98 Å². The van der Waals surface area contributed by atoms with E-state index < -0.39 is 14.6 Å². The van der Waals surface area contributed by atoms with E-state index >= 15 is 0 Å². The topological polar surface area (TPSA) is 44.9 Å². The molecule has 0 spiro atoms. The number of rotatable bonds is 5. The predicted octanol–water partition coefficient (Wildman–Crippen LogP) is 6.49. The maximum absolute atomic E-state index is 13.3. The summed E-state index contributed by atoms with van der Waals surface area (Å²) < 4.78 is 49.0. The van der Waals surface area contributed by atoms with Gasteiger partial charge in [0.05, 0.1) is 36.1 Å². The monoisotopic (exact) mass is 454 g/mol. The average molecular weight is 455 g/mol. The third kappa shape index (κ3) is 4.23. The minimum atomic E-state index is -4.53. The zero-order valence-electron chi connectivity index (χ0n) is 19.0. The molecule has 0 aromatic carbocycles. The molecule has 0 N–H and O–H groups in total. The molecule has 1 saturated carbocycles. The minimum Gasteiger partial charge on any atom is -0.414 e. The highest BCUT2D eigenvalue weighted by Gasteiger charge is 2.44. The molecule has 4 rings (SSSR count). The van der Waals surface area contributed by atoms with Crippen molar-refractivity contribution in [2.75, 3.05) is 0 Å². The Morgan fingerprint density at radius 2 is 1.84 bits per heavy atom. The lowest BCUT2D eigenvalue weighted by Crippen LogP contribution is -2.46. The molecule has 2 aromatic rings. The van der Waals surface area contributed by atoms with Crippen LogP contribution in [0.25, 0.3) is 11.3 Å². The van der Waals surface area contributed by atoms with E-state index in [0.717, 1.165) is 19.0 Å². The molecule has 0 saturated heterocycles. The molecular weight excluding hydrogens is 421 g/mol. The summed E-state index contributed by atoms with van der Waals surface area (Å²) in [5, 5.41) is 4.04. The Hall–Kier alpha value is -1.61. The van der Waals surface area contributed by atoms with Crippen LogP contribution in [0.3, 0.4) is 0 Å². The number of imidazole rings is 1. The first kappa shape index (κ1) is 22.6. The van der Waals surface area contributed by atoms with Gasteiger partial charge in [-0.2, -0.15) is 9.78 Å². The van der Waals surface area contributed by atoms with Crippen LogP contribution in [0.5, 0.6) is 0 Å². The zero-order valence-corrected chi connectivity index (χ0v) is 20.0. The van der Waals surface area contributed by atoms with Gasteiger partial charge in [0.15, 0.2) is 8.32 Å². The molecule has 1 aliphatic heterocycles. The number of hydrogen-bond donors (Lipinski definition) is 0. The van der Waals surface area contributed by atoms with E-state index in [0.29, 0.717) is 29.3 Å². The molecule has 172 valence electrons. The molecule has 1 aliphatic carbocycles. The second-order valence-electron chi connectivity index (χ2n) is 10.6. The lowest BCUT2D eigenvalue weighted by molar-refractivity contribution is -0.212. The number of hydrogen-bond acceptors (Lipinski definition) is 3. The summed E-state index contributed by atoms with van der Waals surface area (Å²) >= 11 is 0. The van der Waals surface area contributed by atoms with Gasteiger partial charge >= 0.3 is 6.30 Å². The van der Waals surface area contributed by atoms with Gasteiger partial charge in [-0.3, -0.25) is 0 Å². The maximum Gasteiger partial charge on any atom is 0.504 e. The summed E-state index contributed by atoms with van der Waals surface area (Å²) in [6.45, 7) is 11.2. The average Bonchev–Trinajstić information content (AvgIpc) is 3.35. The van der Waals surface area contributed by atoms with E-state index in [1.807, 2.05) is 4.57 Å². The van der Waals surface area contributed by atoms with E-state index in [1.165, 1.54) is 19.3 Å². The van der Waals surface area contributed by atoms with Crippen LogP contribution in [0.15, 0.2) is 18.7 Å². The first-order chi connectivity index (χ1) is 14.4. The second kappa shape index (κ2) is 7.76. The zero-order chi connectivity index (χ0) is 22.6. The number of alkyl halides is 3. The summed E-state index contributed by atoms with van der Waals surface area (Å²) in [4.78, 5) is 4.21. The quantitative estimate of drug-likeness (QED) is 0.485. The minimum absolute atomic E-state index is 0.00317. The van der Waals surface area contributed by atoms with Gasteiger partial charge in [-0.1, -0.05) is 40.0 Å². The summed E-state index contributed by atoms with van der Waals surface area (Å²) in [6, 6.07) is -0.284. The van der Waals surface area contributed by atoms with Gasteiger partial charge in [-0.15, -0.1) is 13.2 Å². The Balaban J connectivity index is 1.68. The van der Waals surface area contributed by atoms with Crippen LogP contribution in [0, 0.1) is 5.92 Å². The van der Waals surface area contributed by atoms with Gasteiger partial charge in [0.1, 0.15) is 0 Å². The summed E-state index contributed by atoms with van der Waals surface area (Å²) in [7, 11) is -2.05. The van der Waals surface area contributed by atoms with Crippen LogP contribution in [0.1, 0.15) is 71.0 Å². The van der Waals surface area contributed by atoms with Gasteiger partial charge in [0, 0.05) is 11.8 Å². The van der Waals surface area contributed by atoms with E-state index in [1.54, 1.807) is 12.5 Å². The van der Waals surface area contributed by atoms with Crippen LogP contribution in [0.4, 0.5) is 13.2 Å². The first-order valence-corrected chi connectivity index (χ1v) is 14.2. The van der Waals surface area contributed by atoms with Gasteiger partial charge < -0.3 is 8.99 Å². The summed E-state index contributed by atoms with van der Waals surface area (Å²) in [6.07, 6.45) is 6.40. The number of nitrogens with zero attached hydrogens (tertiary/aromatic N) is 4. The highest BCUT2D eigenvalue weighted by Crippen LogP contribution is 2.46. The highest BCUT2D eigenvalue weighted by atomic mass is 28.4. The van der Waals surface area contributed by atoms with Crippen LogP contribution in [-0.2, 0) is 10.7 Å². The van der Waals surface area contributed by atoms with Crippen molar-refractivity contribution in [2.24, 2.45) is 5.92 Å². The van der Waals surface area contributed by atoms with Crippen molar-refractivity contribution in [2.45, 2.75) is 95.9 Å². The summed E-state index contributed by atoms with van der Waals surface area (Å²) in [5.41, 5.74) is 1.70. The first-order valence-electron chi connectivity index (χ1n) is 11.3. The van der Waals surface area contributed by atoms with Gasteiger partial charge in [0.2, 0.25) is 0 Å². The van der Waals surface area contributed by atoms with Crippen LogP contribution < -0.4 is 0 Å². The third-order valence-electron chi connectivity index (χ3n) is 7.48. The Kier molecular flexibility index (Phi) is 5.65. The lowest BCUT2D eigenvalue weighted by Gasteiger charge is -2.43. The smallest absolute Gasteiger partial charge is 0.414 e. The molecule has 0 bridgehead atoms. The normalized spacial score (nSPS) is 21.2. The molecule has 9 heteroatoms. The van der Waals surface area contributed by atoms with E-state index in [2.05, 4.69) is 43.9 Å². The molecule has 0 radical (unpaired) electrons. The fourth-order valence-electron chi connectivity index (χ4n) is 4.70. The Labute approximate surface area is 183 Å². The standard InChI is InChI=1S/C22H33F3N4OSi/c1-21(2,3)31(4,5)30-19(15-9-7-6-8-10-15)11-17-20-16(18-12-26-14-28(17)18)13-29(27-20)22(23,24)25/h12-15,17,19H,6-11H2,1-5H3. The molecule has 2 atom stereocenters. The Bertz CT molecular complexity index is 922. The maximum atomic E-state index is 13.3. The van der Waals surface area contributed by atoms with Crippen molar-refractivity contribution in [3.63, 3.8) is 0 Å². The van der Waals surface area contributed by atoms with Crippen LogP contribution >= 0.6 is 0 Å². The van der Waals surface area contributed by atoms with Gasteiger partial charge in [0.25, 0.3) is 0 Å². The summed E-state index contributed by atoms with van der Waals surface area (Å²) in [5.74, 6) is 0.434. The lowest BCUT2D eigenvalue weighted by atomic mass is 9.83. The van der Waals surface area contributed by atoms with Crippen molar-refractivity contribution < 1.29 is 17.6 Å². The van der Waals surface area contributed by atoms with Crippen molar-refractivity contribution in [3.05, 3.63) is 24.4 Å². The predicted molar refractivity (Wildman–Crippen MR) is 116 cm³/mol. The Morgan fingerprint density at radius 3 is 2.45 bits per heavy atom. The molecule has 0 amide bonds. The largest absolute Gasteiger partial charge is 0.504 e. The number of fused-ring (bicyclic) bond motifs is 3. The van der Waals surface area contributed by atoms with E-state index in [-0.39, 0.29) is 21.9 Å². The fourth-order valence-corrected chi connectivity index (χ4v) is 6.10. The molecule has 31 heavy (non-hydrogen) atoms. The number of halogens is 3. The van der Waals surface area contributed by atoms with Crippen molar-refractivity contribution >= 4 is 8.32 Å². The molecular formula is C22H33F3N4OSi. The molecule has 1 fully saturated rings. The molecule has 2 aliphatic rings. The Morgan fingerprint density at radius 1 is 1.16 bits per heavy atom. The molecule has 2 aromatic heterocycles. The van der Waals surface area contributed by atoms with Crippen LogP contribution in [-0.4, -0.2) is 33.8 Å². The van der Waals surface area contributed by atoms with Crippen molar-refractivity contribution in [1.82, 2.24) is 19.3 Å². The van der Waals surface area contributed by atoms with E-state index in [9.17, 15) is 13.2 Å². The van der Waals surface area contributed by atoms with Crippen molar-refractivity contribution in [3.8, 4) is 11.3 Å². The third-order valence-corrected chi connectivity index (χ3v) is 12.0. The van der Waals surface area contributed by atoms with E-state index in [4.69, 9.17) is 4.43 Å². The highest BCUT2D eigenvalue weighted by molar-refractivity contribution is 6.74. The second-order valence-corrected chi connectivity index (χ2v) is 15.3. The fraction of sp³-hybridized carbons (Fsp3) is 0.727. The van der Waals surface area contributed by atoms with Crippen LogP contribution in [0.2, 0.25) is 18.1 Å². The van der Waals surface area contributed by atoms with Crippen molar-refractivity contribution in [1.29, 1.82) is 0 Å². The number of aromatic nitrogens is 4.